The average molecular weight is 232 g/mol. The van der Waals surface area contributed by atoms with Gasteiger partial charge < -0.3 is 0 Å². The SMILES string of the molecule is CC1=C(Cl)C(c2ccc(Cl)s2)=N[N]1. The summed E-state index contributed by atoms with van der Waals surface area (Å²) < 4.78 is 0.728. The molecule has 1 aliphatic rings. The van der Waals surface area contributed by atoms with Gasteiger partial charge in [0.2, 0.25) is 0 Å². The quantitative estimate of drug-likeness (QED) is 0.710. The fourth-order valence-corrected chi connectivity index (χ4v) is 2.25. The molecule has 2 nitrogen and oxygen atoms in total. The van der Waals surface area contributed by atoms with E-state index in [1.165, 1.54) is 11.3 Å². The number of halogens is 2. The lowest BCUT2D eigenvalue weighted by Gasteiger charge is -1.92. The normalized spacial score (nSPS) is 16.1. The van der Waals surface area contributed by atoms with Gasteiger partial charge in [0.1, 0.15) is 5.71 Å². The molecule has 5 heteroatoms. The minimum Gasteiger partial charge on any atom is -0.154 e. The second-order valence-electron chi connectivity index (χ2n) is 2.55. The molecule has 1 aromatic rings. The van der Waals surface area contributed by atoms with Crippen molar-refractivity contribution in [3.63, 3.8) is 0 Å². The van der Waals surface area contributed by atoms with Crippen LogP contribution in [0.1, 0.15) is 11.8 Å². The fourth-order valence-electron chi connectivity index (χ4n) is 0.983. The summed E-state index contributed by atoms with van der Waals surface area (Å²) in [6.07, 6.45) is 0. The van der Waals surface area contributed by atoms with Crippen LogP contribution in [0, 0.1) is 0 Å². The Morgan fingerprint density at radius 1 is 1.31 bits per heavy atom. The summed E-state index contributed by atoms with van der Waals surface area (Å²) in [5.41, 5.74) is 5.35. The molecule has 0 spiro atoms. The molecule has 0 fully saturated rings. The van der Waals surface area contributed by atoms with Crippen LogP contribution in [0.5, 0.6) is 0 Å². The van der Waals surface area contributed by atoms with Gasteiger partial charge in [-0.05, 0) is 19.1 Å². The molecule has 0 aliphatic carbocycles. The summed E-state index contributed by atoms with van der Waals surface area (Å²) in [5.74, 6) is 0. The first kappa shape index (κ1) is 9.06. The maximum absolute atomic E-state index is 5.99. The summed E-state index contributed by atoms with van der Waals surface area (Å²) >= 11 is 13.2. The average Bonchev–Trinajstić information content (AvgIpc) is 2.62. The van der Waals surface area contributed by atoms with E-state index in [1.54, 1.807) is 0 Å². The van der Waals surface area contributed by atoms with Crippen LogP contribution in [0.25, 0.3) is 0 Å². The smallest absolute Gasteiger partial charge is 0.123 e. The number of nitrogens with zero attached hydrogens (tertiary/aromatic N) is 2. The van der Waals surface area contributed by atoms with Crippen LogP contribution in [0.2, 0.25) is 4.34 Å². The molecule has 0 amide bonds. The van der Waals surface area contributed by atoms with E-state index in [1.807, 2.05) is 19.1 Å². The van der Waals surface area contributed by atoms with Crippen molar-refractivity contribution in [2.45, 2.75) is 6.92 Å². The molecule has 67 valence electrons. The van der Waals surface area contributed by atoms with Gasteiger partial charge in [-0.2, -0.15) is 5.43 Å². The van der Waals surface area contributed by atoms with Crippen LogP contribution in [0.15, 0.2) is 28.0 Å². The minimum absolute atomic E-state index is 0.610. The summed E-state index contributed by atoms with van der Waals surface area (Å²) in [7, 11) is 0. The van der Waals surface area contributed by atoms with Crippen LogP contribution < -0.4 is 5.43 Å². The molecule has 1 radical (unpaired) electrons. The van der Waals surface area contributed by atoms with Crippen LogP contribution in [0.4, 0.5) is 0 Å². The van der Waals surface area contributed by atoms with E-state index in [0.717, 1.165) is 20.6 Å². The molecule has 0 unspecified atom stereocenters. The summed E-state index contributed by atoms with van der Waals surface area (Å²) in [6, 6.07) is 3.71. The third-order valence-corrected chi connectivity index (χ3v) is 3.32. The van der Waals surface area contributed by atoms with Gasteiger partial charge in [-0.25, -0.2) is 0 Å². The van der Waals surface area contributed by atoms with E-state index in [0.29, 0.717) is 5.03 Å². The van der Waals surface area contributed by atoms with Crippen molar-refractivity contribution in [2.75, 3.05) is 0 Å². The summed E-state index contributed by atoms with van der Waals surface area (Å²) in [6.45, 7) is 1.83. The molecular weight excluding hydrogens is 227 g/mol. The minimum atomic E-state index is 0.610. The third kappa shape index (κ3) is 1.59. The van der Waals surface area contributed by atoms with Gasteiger partial charge in [0, 0.05) is 0 Å². The van der Waals surface area contributed by atoms with Crippen molar-refractivity contribution in [3.05, 3.63) is 32.1 Å². The first-order valence-electron chi connectivity index (χ1n) is 3.59. The van der Waals surface area contributed by atoms with Crippen LogP contribution in [-0.4, -0.2) is 5.71 Å². The number of thiophene rings is 1. The van der Waals surface area contributed by atoms with E-state index in [4.69, 9.17) is 23.2 Å². The molecule has 13 heavy (non-hydrogen) atoms. The van der Waals surface area contributed by atoms with Crippen molar-refractivity contribution < 1.29 is 0 Å². The Morgan fingerprint density at radius 3 is 2.54 bits per heavy atom. The Labute approximate surface area is 89.9 Å². The Kier molecular flexibility index (Phi) is 2.32. The monoisotopic (exact) mass is 231 g/mol. The van der Waals surface area contributed by atoms with Crippen molar-refractivity contribution in [2.24, 2.45) is 5.10 Å². The molecule has 1 aliphatic heterocycles. The molecule has 2 rings (SSSR count). The van der Waals surface area contributed by atoms with E-state index in [2.05, 4.69) is 10.5 Å². The zero-order valence-electron chi connectivity index (χ0n) is 6.71. The van der Waals surface area contributed by atoms with Gasteiger partial charge in [0.15, 0.2) is 0 Å². The highest BCUT2D eigenvalue weighted by Gasteiger charge is 2.19. The van der Waals surface area contributed by atoms with Gasteiger partial charge in [-0.3, -0.25) is 0 Å². The maximum Gasteiger partial charge on any atom is 0.123 e. The molecule has 0 N–H and O–H groups in total. The van der Waals surface area contributed by atoms with E-state index in [9.17, 15) is 0 Å². The van der Waals surface area contributed by atoms with Gasteiger partial charge in [0.05, 0.1) is 19.9 Å². The van der Waals surface area contributed by atoms with E-state index < -0.39 is 0 Å². The zero-order chi connectivity index (χ0) is 9.42. The number of hydrogen-bond acceptors (Lipinski definition) is 2. The molecule has 0 saturated heterocycles. The van der Waals surface area contributed by atoms with Crippen molar-refractivity contribution in [3.8, 4) is 0 Å². The second-order valence-corrected chi connectivity index (χ2v) is 4.64. The standard InChI is InChI=1S/C8H5Cl2N2S/c1-4-7(10)8(12-11-4)5-2-3-6(9)13-5/h2-3H,1H3. The van der Waals surface area contributed by atoms with Gasteiger partial charge in [-0.1, -0.05) is 23.2 Å². The van der Waals surface area contributed by atoms with Crippen LogP contribution in [0.3, 0.4) is 0 Å². The third-order valence-electron chi connectivity index (χ3n) is 1.63. The molecular formula is C8H5Cl2N2S. The molecule has 0 saturated carbocycles. The number of rotatable bonds is 1. The topological polar surface area (TPSA) is 26.5 Å². The predicted octanol–water partition coefficient (Wildman–Crippen LogP) is 3.19. The van der Waals surface area contributed by atoms with E-state index >= 15 is 0 Å². The lowest BCUT2D eigenvalue weighted by molar-refractivity contribution is 0.894. The molecule has 1 aromatic heterocycles. The largest absolute Gasteiger partial charge is 0.154 e. The fraction of sp³-hybridized carbons (Fsp3) is 0.125. The van der Waals surface area contributed by atoms with E-state index in [-0.39, 0.29) is 0 Å². The summed E-state index contributed by atoms with van der Waals surface area (Å²) in [4.78, 5) is 0.954. The molecule has 0 atom stereocenters. The zero-order valence-corrected chi connectivity index (χ0v) is 9.04. The Morgan fingerprint density at radius 2 is 2.08 bits per heavy atom. The second kappa shape index (κ2) is 3.33. The van der Waals surface area contributed by atoms with Crippen molar-refractivity contribution in [1.82, 2.24) is 5.43 Å². The lowest BCUT2D eigenvalue weighted by Crippen LogP contribution is -1.93. The van der Waals surface area contributed by atoms with Crippen molar-refractivity contribution >= 4 is 40.3 Å². The highest BCUT2D eigenvalue weighted by molar-refractivity contribution is 7.18. The molecule has 2 heterocycles. The Bertz CT molecular complexity index is 406. The van der Waals surface area contributed by atoms with Gasteiger partial charge in [0.25, 0.3) is 0 Å². The highest BCUT2D eigenvalue weighted by Crippen LogP contribution is 2.28. The van der Waals surface area contributed by atoms with Gasteiger partial charge >= 0.3 is 0 Å². The van der Waals surface area contributed by atoms with Gasteiger partial charge in [-0.15, -0.1) is 16.4 Å². The Balaban J connectivity index is 2.39. The first-order chi connectivity index (χ1) is 6.18. The first-order valence-corrected chi connectivity index (χ1v) is 5.17. The number of allylic oxidation sites excluding steroid dienone is 2. The summed E-state index contributed by atoms with van der Waals surface area (Å²) in [5, 5.41) is 4.58. The van der Waals surface area contributed by atoms with Crippen molar-refractivity contribution in [1.29, 1.82) is 0 Å². The molecule has 0 bridgehead atoms. The highest BCUT2D eigenvalue weighted by atomic mass is 35.5. The Hall–Kier alpha value is -0.510. The lowest BCUT2D eigenvalue weighted by atomic mass is 10.3. The van der Waals surface area contributed by atoms with Crippen LogP contribution in [-0.2, 0) is 0 Å². The number of hydrogen-bond donors (Lipinski definition) is 0. The van der Waals surface area contributed by atoms with Crippen LogP contribution >= 0.6 is 34.5 Å². The predicted molar refractivity (Wildman–Crippen MR) is 56.6 cm³/mol. The molecule has 0 aromatic carbocycles. The maximum atomic E-state index is 5.99.